The lowest BCUT2D eigenvalue weighted by molar-refractivity contribution is -0.137. The Morgan fingerprint density at radius 2 is 1.83 bits per heavy atom. The Balaban J connectivity index is 2.37. The number of carbonyl (C=O) groups excluding carboxylic acids is 1. The van der Waals surface area contributed by atoms with Crippen LogP contribution in [-0.4, -0.2) is 31.6 Å². The molecule has 128 valence electrons. The van der Waals surface area contributed by atoms with Gasteiger partial charge in [0.15, 0.2) is 0 Å². The molecule has 0 aromatic heterocycles. The molecule has 0 aliphatic heterocycles. The predicted molar refractivity (Wildman–Crippen MR) is 101 cm³/mol. The maximum absolute atomic E-state index is 12.4. The number of hydrogen-bond donors (Lipinski definition) is 1. The number of rotatable bonds is 5. The molecule has 1 atom stereocenters. The second-order valence-electron chi connectivity index (χ2n) is 7.22. The van der Waals surface area contributed by atoms with Crippen LogP contribution in [0.4, 0.5) is 0 Å². The second-order valence-corrected chi connectivity index (χ2v) is 11.6. The van der Waals surface area contributed by atoms with Crippen molar-refractivity contribution in [3.63, 3.8) is 0 Å². The van der Waals surface area contributed by atoms with Gasteiger partial charge in [-0.1, -0.05) is 44.2 Å². The van der Waals surface area contributed by atoms with Crippen molar-refractivity contribution < 1.29 is 14.3 Å². The van der Waals surface area contributed by atoms with Crippen molar-refractivity contribution in [3.8, 4) is 5.75 Å². The van der Waals surface area contributed by atoms with Crippen molar-refractivity contribution in [1.29, 1.82) is 0 Å². The molecule has 4 nitrogen and oxygen atoms in total. The number of fused-ring (bicyclic) bond motifs is 1. The van der Waals surface area contributed by atoms with Crippen LogP contribution in [0, 0.1) is 5.92 Å². The standard InChI is InChI=1S/C19H25NO3Si/c1-13(2)18(19(22)23-24(3,4)5)20-12-16-15-9-7-6-8-14(15)10-11-17(16)21/h6-13,18,21H,1-5H3/t18-/m0/s1. The lowest BCUT2D eigenvalue weighted by atomic mass is 10.0. The number of benzene rings is 2. The van der Waals surface area contributed by atoms with Crippen molar-refractivity contribution >= 4 is 31.3 Å². The molecule has 0 unspecified atom stereocenters. The number of hydrogen-bond acceptors (Lipinski definition) is 4. The van der Waals surface area contributed by atoms with E-state index in [-0.39, 0.29) is 17.6 Å². The molecule has 0 saturated heterocycles. The highest BCUT2D eigenvalue weighted by Gasteiger charge is 2.28. The predicted octanol–water partition coefficient (Wildman–Crippen LogP) is 4.37. The molecule has 0 fully saturated rings. The lowest BCUT2D eigenvalue weighted by Gasteiger charge is -2.22. The summed E-state index contributed by atoms with van der Waals surface area (Å²) in [6.45, 7) is 9.81. The van der Waals surface area contributed by atoms with Gasteiger partial charge in [0, 0.05) is 11.8 Å². The van der Waals surface area contributed by atoms with Crippen LogP contribution in [0.5, 0.6) is 5.75 Å². The molecule has 0 spiro atoms. The van der Waals surface area contributed by atoms with Gasteiger partial charge in [-0.25, -0.2) is 0 Å². The van der Waals surface area contributed by atoms with Gasteiger partial charge < -0.3 is 9.53 Å². The summed E-state index contributed by atoms with van der Waals surface area (Å²) < 4.78 is 5.59. The van der Waals surface area contributed by atoms with Crippen molar-refractivity contribution in [3.05, 3.63) is 42.0 Å². The van der Waals surface area contributed by atoms with Crippen molar-refractivity contribution in [1.82, 2.24) is 0 Å². The van der Waals surface area contributed by atoms with Crippen LogP contribution in [-0.2, 0) is 9.22 Å². The third kappa shape index (κ3) is 4.44. The summed E-state index contributed by atoms with van der Waals surface area (Å²) in [6, 6.07) is 10.7. The SMILES string of the molecule is CC(C)[C@H](N=Cc1c(O)ccc2ccccc12)C(=O)O[Si](C)(C)C. The van der Waals surface area contributed by atoms with Gasteiger partial charge in [-0.05, 0) is 42.4 Å². The summed E-state index contributed by atoms with van der Waals surface area (Å²) >= 11 is 0. The molecule has 2 rings (SSSR count). The van der Waals surface area contributed by atoms with Crippen molar-refractivity contribution in [2.24, 2.45) is 10.9 Å². The smallest absolute Gasteiger partial charge is 0.317 e. The van der Waals surface area contributed by atoms with Crippen LogP contribution in [0.25, 0.3) is 10.8 Å². The van der Waals surface area contributed by atoms with E-state index in [9.17, 15) is 9.90 Å². The summed E-state index contributed by atoms with van der Waals surface area (Å²) in [5.41, 5.74) is 0.625. The number of aliphatic imine (C=N–C) groups is 1. The van der Waals surface area contributed by atoms with Gasteiger partial charge in [-0.15, -0.1) is 0 Å². The summed E-state index contributed by atoms with van der Waals surface area (Å²) in [5, 5.41) is 12.1. The number of aromatic hydroxyl groups is 1. The van der Waals surface area contributed by atoms with E-state index in [4.69, 9.17) is 4.43 Å². The van der Waals surface area contributed by atoms with Crippen molar-refractivity contribution in [2.45, 2.75) is 39.5 Å². The van der Waals surface area contributed by atoms with Gasteiger partial charge in [0.2, 0.25) is 8.32 Å². The van der Waals surface area contributed by atoms with E-state index in [1.807, 2.05) is 63.8 Å². The molecule has 0 radical (unpaired) electrons. The maximum atomic E-state index is 12.4. The van der Waals surface area contributed by atoms with E-state index in [1.54, 1.807) is 12.3 Å². The summed E-state index contributed by atoms with van der Waals surface area (Å²) in [5.74, 6) is -0.124. The summed E-state index contributed by atoms with van der Waals surface area (Å²) in [4.78, 5) is 16.9. The summed E-state index contributed by atoms with van der Waals surface area (Å²) in [6.07, 6.45) is 1.59. The molecule has 5 heteroatoms. The Bertz CT molecular complexity index is 763. The minimum atomic E-state index is -1.96. The molecular weight excluding hydrogens is 318 g/mol. The van der Waals surface area contributed by atoms with Crippen LogP contribution >= 0.6 is 0 Å². The zero-order chi connectivity index (χ0) is 17.9. The molecule has 0 aliphatic carbocycles. The third-order valence-corrected chi connectivity index (χ3v) is 4.41. The van der Waals surface area contributed by atoms with Crippen LogP contribution in [0.1, 0.15) is 19.4 Å². The van der Waals surface area contributed by atoms with Crippen LogP contribution < -0.4 is 0 Å². The van der Waals surface area contributed by atoms with Gasteiger partial charge in [-0.3, -0.25) is 9.79 Å². The first kappa shape index (κ1) is 18.2. The molecule has 2 aromatic carbocycles. The molecule has 24 heavy (non-hydrogen) atoms. The van der Waals surface area contributed by atoms with Crippen LogP contribution in [0.2, 0.25) is 19.6 Å². The average molecular weight is 343 g/mol. The molecule has 0 amide bonds. The maximum Gasteiger partial charge on any atom is 0.317 e. The first-order chi connectivity index (χ1) is 11.2. The van der Waals surface area contributed by atoms with E-state index in [2.05, 4.69) is 4.99 Å². The molecule has 2 aromatic rings. The topological polar surface area (TPSA) is 58.9 Å². The average Bonchev–Trinajstić information content (AvgIpc) is 2.47. The first-order valence-corrected chi connectivity index (χ1v) is 11.6. The quantitative estimate of drug-likeness (QED) is 0.648. The van der Waals surface area contributed by atoms with Crippen LogP contribution in [0.15, 0.2) is 41.4 Å². The van der Waals surface area contributed by atoms with E-state index < -0.39 is 14.4 Å². The number of phenols is 1. The Labute approximate surface area is 144 Å². The van der Waals surface area contributed by atoms with Crippen LogP contribution in [0.3, 0.4) is 0 Å². The normalized spacial score (nSPS) is 13.6. The molecule has 0 heterocycles. The summed E-state index contributed by atoms with van der Waals surface area (Å²) in [7, 11) is -1.96. The Morgan fingerprint density at radius 1 is 1.17 bits per heavy atom. The van der Waals surface area contributed by atoms with E-state index in [0.717, 1.165) is 10.8 Å². The Kier molecular flexibility index (Phi) is 5.44. The number of nitrogens with zero attached hydrogens (tertiary/aromatic N) is 1. The molecule has 0 aliphatic rings. The van der Waals surface area contributed by atoms with Crippen molar-refractivity contribution in [2.75, 3.05) is 0 Å². The minimum absolute atomic E-state index is 0.0159. The fourth-order valence-electron chi connectivity index (χ4n) is 2.44. The fraction of sp³-hybridized carbons (Fsp3) is 0.368. The zero-order valence-electron chi connectivity index (χ0n) is 14.9. The van der Waals surface area contributed by atoms with E-state index in [1.165, 1.54) is 0 Å². The molecular formula is C19H25NO3Si. The fourth-order valence-corrected chi connectivity index (χ4v) is 3.17. The molecule has 0 saturated carbocycles. The highest BCUT2D eigenvalue weighted by molar-refractivity contribution is 6.71. The van der Waals surface area contributed by atoms with Gasteiger partial charge in [0.05, 0.1) is 0 Å². The zero-order valence-corrected chi connectivity index (χ0v) is 15.9. The first-order valence-electron chi connectivity index (χ1n) is 8.16. The van der Waals surface area contributed by atoms with Gasteiger partial charge in [-0.2, -0.15) is 0 Å². The Morgan fingerprint density at radius 3 is 2.46 bits per heavy atom. The van der Waals surface area contributed by atoms with Gasteiger partial charge >= 0.3 is 5.97 Å². The second kappa shape index (κ2) is 7.17. The number of phenolic OH excluding ortho intramolecular Hbond substituents is 1. The van der Waals surface area contributed by atoms with E-state index in [0.29, 0.717) is 5.56 Å². The highest BCUT2D eigenvalue weighted by Crippen LogP contribution is 2.26. The minimum Gasteiger partial charge on any atom is -0.518 e. The Hall–Kier alpha value is -2.14. The van der Waals surface area contributed by atoms with Gasteiger partial charge in [0.1, 0.15) is 11.8 Å². The lowest BCUT2D eigenvalue weighted by Crippen LogP contribution is -2.36. The highest BCUT2D eigenvalue weighted by atomic mass is 28.4. The molecule has 0 bridgehead atoms. The third-order valence-electron chi connectivity index (χ3n) is 3.59. The molecule has 1 N–H and O–H groups in total. The van der Waals surface area contributed by atoms with E-state index >= 15 is 0 Å². The van der Waals surface area contributed by atoms with Gasteiger partial charge in [0.25, 0.3) is 0 Å². The largest absolute Gasteiger partial charge is 0.518 e. The number of carbonyl (C=O) groups is 1. The monoisotopic (exact) mass is 343 g/mol.